The fraction of sp³-hybridized carbons (Fsp3) is 0.481. The van der Waals surface area contributed by atoms with Crippen LogP contribution in [0.5, 0.6) is 0 Å². The summed E-state index contributed by atoms with van der Waals surface area (Å²) < 4.78 is 5.01. The highest BCUT2D eigenvalue weighted by atomic mass is 16.6. The number of aliphatic hydroxyl groups excluding tert-OH is 1. The second kappa shape index (κ2) is 15.4. The van der Waals surface area contributed by atoms with Crippen LogP contribution < -0.4 is 10.6 Å². The van der Waals surface area contributed by atoms with Gasteiger partial charge in [-0.3, -0.25) is 14.4 Å². The van der Waals surface area contributed by atoms with Gasteiger partial charge in [0.15, 0.2) is 5.82 Å². The highest BCUT2D eigenvalue weighted by Crippen LogP contribution is 2.19. The van der Waals surface area contributed by atoms with Gasteiger partial charge in [-0.15, -0.1) is 0 Å². The Labute approximate surface area is 232 Å². The number of ether oxygens (including phenoxy) is 1. The molecule has 1 aromatic heterocycles. The van der Waals surface area contributed by atoms with Crippen molar-refractivity contribution in [3.05, 3.63) is 42.1 Å². The Hall–Kier alpha value is -4.26. The third-order valence-corrected chi connectivity index (χ3v) is 6.25. The predicted octanol–water partition coefficient (Wildman–Crippen LogP) is 1.59. The van der Waals surface area contributed by atoms with Crippen molar-refractivity contribution in [2.24, 2.45) is 0 Å². The smallest absolute Gasteiger partial charge is 0.409 e. The minimum atomic E-state index is -1.10. The lowest BCUT2D eigenvalue weighted by molar-refractivity contribution is -0.138. The molecule has 2 heterocycles. The van der Waals surface area contributed by atoms with Crippen LogP contribution in [0.25, 0.3) is 11.4 Å². The molecule has 0 radical (unpaired) electrons. The fourth-order valence-corrected chi connectivity index (χ4v) is 4.13. The lowest BCUT2D eigenvalue weighted by Gasteiger charge is -2.35. The molecule has 13 nitrogen and oxygen atoms in total. The molecule has 1 saturated heterocycles. The SMILES string of the molecule is CCOC(=O)N1CCN(C(=O)[C@H](CCC(=O)O)NC(=O)c2cc(NCCCCO)nc(-c3ccccc3)n2)CC1. The zero-order valence-corrected chi connectivity index (χ0v) is 22.5. The van der Waals surface area contributed by atoms with Crippen LogP contribution in [0.15, 0.2) is 36.4 Å². The number of carboxylic acid groups (broad SMARTS) is 1. The number of rotatable bonds is 13. The van der Waals surface area contributed by atoms with Crippen LogP contribution in [0.2, 0.25) is 0 Å². The molecule has 0 bridgehead atoms. The third-order valence-electron chi connectivity index (χ3n) is 6.25. The summed E-state index contributed by atoms with van der Waals surface area (Å²) >= 11 is 0. The van der Waals surface area contributed by atoms with Gasteiger partial charge in [-0.25, -0.2) is 14.8 Å². The number of hydrogen-bond acceptors (Lipinski definition) is 9. The lowest BCUT2D eigenvalue weighted by Crippen LogP contribution is -2.56. The maximum absolute atomic E-state index is 13.4. The number of carboxylic acids is 1. The molecule has 0 aliphatic carbocycles. The molecule has 40 heavy (non-hydrogen) atoms. The predicted molar refractivity (Wildman–Crippen MR) is 146 cm³/mol. The molecule has 2 aromatic rings. The van der Waals surface area contributed by atoms with Crippen LogP contribution in [0, 0.1) is 0 Å². The number of benzene rings is 1. The second-order valence-electron chi connectivity index (χ2n) is 9.16. The van der Waals surface area contributed by atoms with E-state index in [2.05, 4.69) is 20.6 Å². The Kier molecular flexibility index (Phi) is 11.6. The summed E-state index contributed by atoms with van der Waals surface area (Å²) in [5.74, 6) is -1.46. The summed E-state index contributed by atoms with van der Waals surface area (Å²) in [7, 11) is 0. The summed E-state index contributed by atoms with van der Waals surface area (Å²) in [6.07, 6.45) is 0.414. The van der Waals surface area contributed by atoms with E-state index in [1.165, 1.54) is 15.9 Å². The van der Waals surface area contributed by atoms with Gasteiger partial charge in [0.05, 0.1) is 6.61 Å². The van der Waals surface area contributed by atoms with Crippen molar-refractivity contribution in [1.82, 2.24) is 25.1 Å². The molecule has 1 aliphatic rings. The molecule has 3 rings (SSSR count). The molecular weight excluding hydrogens is 520 g/mol. The largest absolute Gasteiger partial charge is 0.481 e. The molecule has 0 unspecified atom stereocenters. The number of aliphatic carboxylic acids is 1. The molecule has 4 N–H and O–H groups in total. The maximum atomic E-state index is 13.4. The van der Waals surface area contributed by atoms with Crippen molar-refractivity contribution in [2.75, 3.05) is 51.3 Å². The highest BCUT2D eigenvalue weighted by molar-refractivity contribution is 5.97. The van der Waals surface area contributed by atoms with Gasteiger partial charge in [0, 0.05) is 57.4 Å². The fourth-order valence-electron chi connectivity index (χ4n) is 4.13. The molecule has 1 atom stereocenters. The normalized spacial score (nSPS) is 13.8. The van der Waals surface area contributed by atoms with Crippen LogP contribution in [0.1, 0.15) is 43.1 Å². The number of nitrogens with zero attached hydrogens (tertiary/aromatic N) is 4. The van der Waals surface area contributed by atoms with Gasteiger partial charge in [0.2, 0.25) is 5.91 Å². The van der Waals surface area contributed by atoms with Gasteiger partial charge < -0.3 is 35.4 Å². The van der Waals surface area contributed by atoms with E-state index in [0.29, 0.717) is 36.6 Å². The van der Waals surface area contributed by atoms with Crippen LogP contribution >= 0.6 is 0 Å². The molecule has 0 saturated carbocycles. The van der Waals surface area contributed by atoms with Gasteiger partial charge in [-0.1, -0.05) is 30.3 Å². The minimum Gasteiger partial charge on any atom is -0.481 e. The van der Waals surface area contributed by atoms with E-state index >= 15 is 0 Å². The first kappa shape index (κ1) is 30.3. The van der Waals surface area contributed by atoms with Crippen LogP contribution in [0.4, 0.5) is 10.6 Å². The number of hydrogen-bond donors (Lipinski definition) is 4. The van der Waals surface area contributed by atoms with Gasteiger partial charge in [0.1, 0.15) is 17.6 Å². The number of nitrogens with one attached hydrogen (secondary N) is 2. The first-order valence-corrected chi connectivity index (χ1v) is 13.3. The van der Waals surface area contributed by atoms with Crippen molar-refractivity contribution in [3.8, 4) is 11.4 Å². The second-order valence-corrected chi connectivity index (χ2v) is 9.16. The number of unbranched alkanes of at least 4 members (excludes halogenated alkanes) is 1. The first-order valence-electron chi connectivity index (χ1n) is 13.3. The van der Waals surface area contributed by atoms with E-state index in [4.69, 9.17) is 9.84 Å². The number of aromatic nitrogens is 2. The number of amides is 3. The number of carbonyl (C=O) groups excluding carboxylic acids is 3. The minimum absolute atomic E-state index is 0.0127. The molecular formula is C27H36N6O7. The standard InChI is InChI=1S/C27H36N6O7/c1-2-40-27(39)33-15-13-32(14-16-33)26(38)20(10-11-23(35)36)30-25(37)21-18-22(28-12-6-7-17-34)31-24(29-21)19-8-4-3-5-9-19/h3-5,8-9,18,20,34H,2,6-7,10-17H2,1H3,(H,30,37)(H,35,36)(H,28,29,31)/t20-/m0/s1. The molecule has 0 spiro atoms. The van der Waals surface area contributed by atoms with Crippen LogP contribution in [-0.4, -0.2) is 106 Å². The van der Waals surface area contributed by atoms with E-state index in [-0.39, 0.29) is 57.9 Å². The van der Waals surface area contributed by atoms with Crippen LogP contribution in [0.3, 0.4) is 0 Å². The molecule has 3 amide bonds. The van der Waals surface area contributed by atoms with Gasteiger partial charge >= 0.3 is 12.1 Å². The zero-order valence-electron chi connectivity index (χ0n) is 22.5. The number of aliphatic hydroxyl groups is 1. The topological polar surface area (TPSA) is 174 Å². The summed E-state index contributed by atoms with van der Waals surface area (Å²) in [6.45, 7) is 3.53. The van der Waals surface area contributed by atoms with Crippen molar-refractivity contribution in [3.63, 3.8) is 0 Å². The molecule has 216 valence electrons. The number of piperazine rings is 1. The third kappa shape index (κ3) is 8.90. The lowest BCUT2D eigenvalue weighted by atomic mass is 10.1. The maximum Gasteiger partial charge on any atom is 0.409 e. The Morgan fingerprint density at radius 2 is 1.73 bits per heavy atom. The van der Waals surface area contributed by atoms with Crippen molar-refractivity contribution < 1.29 is 34.1 Å². The summed E-state index contributed by atoms with van der Waals surface area (Å²) in [6, 6.07) is 9.47. The van der Waals surface area contributed by atoms with E-state index in [0.717, 1.165) is 0 Å². The molecule has 1 aromatic carbocycles. The highest BCUT2D eigenvalue weighted by Gasteiger charge is 2.31. The summed E-state index contributed by atoms with van der Waals surface area (Å²) in [5, 5.41) is 24.1. The number of anilines is 1. The van der Waals surface area contributed by atoms with Crippen molar-refractivity contribution in [1.29, 1.82) is 0 Å². The quantitative estimate of drug-likeness (QED) is 0.265. The summed E-state index contributed by atoms with van der Waals surface area (Å²) in [4.78, 5) is 61.9. The molecule has 13 heteroatoms. The van der Waals surface area contributed by atoms with Gasteiger partial charge in [0.25, 0.3) is 5.91 Å². The van der Waals surface area contributed by atoms with Gasteiger partial charge in [-0.2, -0.15) is 0 Å². The first-order chi connectivity index (χ1) is 19.3. The average molecular weight is 557 g/mol. The van der Waals surface area contributed by atoms with Gasteiger partial charge in [-0.05, 0) is 26.2 Å². The average Bonchev–Trinajstić information content (AvgIpc) is 2.97. The number of carbonyl (C=O) groups is 4. The Balaban J connectivity index is 1.78. The van der Waals surface area contributed by atoms with E-state index in [1.807, 2.05) is 30.3 Å². The summed E-state index contributed by atoms with van der Waals surface area (Å²) in [5.41, 5.74) is 0.701. The van der Waals surface area contributed by atoms with E-state index < -0.39 is 29.9 Å². The monoisotopic (exact) mass is 556 g/mol. The van der Waals surface area contributed by atoms with Crippen molar-refractivity contribution in [2.45, 2.75) is 38.6 Å². The molecule has 1 aliphatic heterocycles. The Morgan fingerprint density at radius 1 is 1.02 bits per heavy atom. The zero-order chi connectivity index (χ0) is 28.9. The van der Waals surface area contributed by atoms with Crippen molar-refractivity contribution >= 4 is 29.7 Å². The Bertz CT molecular complexity index is 1160. The van der Waals surface area contributed by atoms with E-state index in [1.54, 1.807) is 6.92 Å². The Morgan fingerprint density at radius 3 is 2.38 bits per heavy atom. The molecule has 1 fully saturated rings. The van der Waals surface area contributed by atoms with E-state index in [9.17, 15) is 24.3 Å². The van der Waals surface area contributed by atoms with Crippen LogP contribution in [-0.2, 0) is 14.3 Å².